The number of rotatable bonds is 5. The first-order valence-corrected chi connectivity index (χ1v) is 7.41. The number of fused-ring (bicyclic) bond motifs is 1. The lowest BCUT2D eigenvalue weighted by Crippen LogP contribution is -2.06. The van der Waals surface area contributed by atoms with Gasteiger partial charge in [0.15, 0.2) is 5.65 Å². The fraction of sp³-hybridized carbons (Fsp3) is 0.294. The van der Waals surface area contributed by atoms with Gasteiger partial charge >= 0.3 is 0 Å². The molecule has 0 amide bonds. The Bertz CT molecular complexity index is 794. The molecule has 5 heteroatoms. The Labute approximate surface area is 129 Å². The molecule has 0 spiro atoms. The van der Waals surface area contributed by atoms with Crippen molar-refractivity contribution in [2.24, 2.45) is 0 Å². The van der Waals surface area contributed by atoms with Gasteiger partial charge in [-0.3, -0.25) is 0 Å². The van der Waals surface area contributed by atoms with Crippen LogP contribution < -0.4 is 10.5 Å². The zero-order chi connectivity index (χ0) is 15.5. The lowest BCUT2D eigenvalue weighted by atomic mass is 10.3. The second kappa shape index (κ2) is 6.05. The van der Waals surface area contributed by atoms with Crippen LogP contribution in [0.3, 0.4) is 0 Å². The third-order valence-electron chi connectivity index (χ3n) is 3.57. The molecule has 0 bridgehead atoms. The van der Waals surface area contributed by atoms with Crippen molar-refractivity contribution in [3.8, 4) is 5.75 Å². The number of anilines is 1. The summed E-state index contributed by atoms with van der Waals surface area (Å²) < 4.78 is 7.86. The maximum absolute atomic E-state index is 5.73. The van der Waals surface area contributed by atoms with Crippen LogP contribution >= 0.6 is 0 Å². The van der Waals surface area contributed by atoms with E-state index in [4.69, 9.17) is 10.5 Å². The molecule has 0 saturated carbocycles. The molecule has 22 heavy (non-hydrogen) atoms. The van der Waals surface area contributed by atoms with Gasteiger partial charge in [-0.1, -0.05) is 6.07 Å². The molecule has 2 heterocycles. The van der Waals surface area contributed by atoms with E-state index in [2.05, 4.69) is 20.6 Å². The number of nitrogens with zero attached hydrogens (tertiary/aromatic N) is 3. The van der Waals surface area contributed by atoms with Gasteiger partial charge < -0.3 is 15.0 Å². The van der Waals surface area contributed by atoms with Crippen LogP contribution in [0.4, 0.5) is 5.69 Å². The molecular formula is C17H20N4O. The number of pyridine rings is 1. The molecule has 0 radical (unpaired) electrons. The van der Waals surface area contributed by atoms with Crippen molar-refractivity contribution in [1.29, 1.82) is 0 Å². The third kappa shape index (κ3) is 3.03. The molecule has 2 aromatic heterocycles. The van der Waals surface area contributed by atoms with Gasteiger partial charge in [-0.15, -0.1) is 0 Å². The summed E-state index contributed by atoms with van der Waals surface area (Å²) in [6.07, 6.45) is 2.76. The SMILES string of the molecule is Cc1cnc2c(c1)nc(C)n2CCCOc1cccc(N)c1. The van der Waals surface area contributed by atoms with Crippen molar-refractivity contribution in [2.45, 2.75) is 26.8 Å². The van der Waals surface area contributed by atoms with Crippen LogP contribution in [0.15, 0.2) is 36.5 Å². The molecule has 114 valence electrons. The molecule has 2 N–H and O–H groups in total. The van der Waals surface area contributed by atoms with Crippen LogP contribution in [-0.4, -0.2) is 21.1 Å². The molecule has 0 unspecified atom stereocenters. The van der Waals surface area contributed by atoms with E-state index in [0.717, 1.165) is 41.3 Å². The highest BCUT2D eigenvalue weighted by Gasteiger charge is 2.08. The highest BCUT2D eigenvalue weighted by molar-refractivity contribution is 5.72. The number of nitrogen functional groups attached to an aromatic ring is 1. The van der Waals surface area contributed by atoms with E-state index < -0.39 is 0 Å². The van der Waals surface area contributed by atoms with E-state index in [1.165, 1.54) is 0 Å². The van der Waals surface area contributed by atoms with Gasteiger partial charge in [-0.05, 0) is 44.0 Å². The minimum Gasteiger partial charge on any atom is -0.493 e. The molecule has 3 rings (SSSR count). The topological polar surface area (TPSA) is 66.0 Å². The van der Waals surface area contributed by atoms with Gasteiger partial charge in [0, 0.05) is 24.5 Å². The Hall–Kier alpha value is -2.56. The first kappa shape index (κ1) is 14.4. The van der Waals surface area contributed by atoms with E-state index in [9.17, 15) is 0 Å². The van der Waals surface area contributed by atoms with Gasteiger partial charge in [-0.25, -0.2) is 9.97 Å². The van der Waals surface area contributed by atoms with Crippen molar-refractivity contribution < 1.29 is 4.74 Å². The van der Waals surface area contributed by atoms with E-state index in [1.807, 2.05) is 44.3 Å². The minimum absolute atomic E-state index is 0.633. The monoisotopic (exact) mass is 296 g/mol. The largest absolute Gasteiger partial charge is 0.493 e. The molecule has 3 aromatic rings. The number of nitrogens with two attached hydrogens (primary N) is 1. The second-order valence-corrected chi connectivity index (χ2v) is 5.44. The predicted octanol–water partition coefficient (Wildman–Crippen LogP) is 3.10. The normalized spacial score (nSPS) is 11.0. The summed E-state index contributed by atoms with van der Waals surface area (Å²) in [7, 11) is 0. The number of aromatic nitrogens is 3. The number of benzene rings is 1. The summed E-state index contributed by atoms with van der Waals surface area (Å²) in [5.74, 6) is 1.79. The Morgan fingerprint density at radius 3 is 2.91 bits per heavy atom. The van der Waals surface area contributed by atoms with Crippen LogP contribution in [0.25, 0.3) is 11.2 Å². The number of hydrogen-bond acceptors (Lipinski definition) is 4. The predicted molar refractivity (Wildman–Crippen MR) is 88.0 cm³/mol. The average Bonchev–Trinajstić information content (AvgIpc) is 2.78. The van der Waals surface area contributed by atoms with Crippen molar-refractivity contribution in [2.75, 3.05) is 12.3 Å². The van der Waals surface area contributed by atoms with E-state index in [-0.39, 0.29) is 0 Å². The van der Waals surface area contributed by atoms with Gasteiger partial charge in [0.2, 0.25) is 0 Å². The summed E-state index contributed by atoms with van der Waals surface area (Å²) in [4.78, 5) is 9.06. The Morgan fingerprint density at radius 2 is 2.09 bits per heavy atom. The molecule has 1 aromatic carbocycles. The molecule has 0 fully saturated rings. The number of ether oxygens (including phenoxy) is 1. The summed E-state index contributed by atoms with van der Waals surface area (Å²) in [6.45, 7) is 5.51. The fourth-order valence-electron chi connectivity index (χ4n) is 2.51. The van der Waals surface area contributed by atoms with Gasteiger partial charge in [0.05, 0.1) is 6.61 Å². The maximum Gasteiger partial charge on any atom is 0.159 e. The second-order valence-electron chi connectivity index (χ2n) is 5.44. The maximum atomic E-state index is 5.73. The third-order valence-corrected chi connectivity index (χ3v) is 3.57. The summed E-state index contributed by atoms with van der Waals surface area (Å²) >= 11 is 0. The quantitative estimate of drug-likeness (QED) is 0.580. The summed E-state index contributed by atoms with van der Waals surface area (Å²) in [5.41, 5.74) is 9.47. The zero-order valence-corrected chi connectivity index (χ0v) is 12.9. The average molecular weight is 296 g/mol. The molecule has 5 nitrogen and oxygen atoms in total. The van der Waals surface area contributed by atoms with Crippen molar-refractivity contribution in [3.05, 3.63) is 47.9 Å². The van der Waals surface area contributed by atoms with Crippen LogP contribution in [-0.2, 0) is 6.54 Å². The summed E-state index contributed by atoms with van der Waals surface area (Å²) in [5, 5.41) is 0. The van der Waals surface area contributed by atoms with Gasteiger partial charge in [0.1, 0.15) is 17.1 Å². The number of aryl methyl sites for hydroxylation is 3. The fourth-order valence-corrected chi connectivity index (χ4v) is 2.51. The zero-order valence-electron chi connectivity index (χ0n) is 12.9. The molecule has 0 saturated heterocycles. The minimum atomic E-state index is 0.633. The van der Waals surface area contributed by atoms with Crippen LogP contribution in [0.1, 0.15) is 17.8 Å². The highest BCUT2D eigenvalue weighted by Crippen LogP contribution is 2.17. The van der Waals surface area contributed by atoms with Crippen LogP contribution in [0.5, 0.6) is 5.75 Å². The smallest absolute Gasteiger partial charge is 0.159 e. The lowest BCUT2D eigenvalue weighted by Gasteiger charge is -2.08. The van der Waals surface area contributed by atoms with Crippen LogP contribution in [0, 0.1) is 13.8 Å². The molecular weight excluding hydrogens is 276 g/mol. The summed E-state index contributed by atoms with van der Waals surface area (Å²) in [6, 6.07) is 9.56. The Balaban J connectivity index is 1.63. The van der Waals surface area contributed by atoms with Gasteiger partial charge in [0.25, 0.3) is 0 Å². The van der Waals surface area contributed by atoms with E-state index in [1.54, 1.807) is 0 Å². The Kier molecular flexibility index (Phi) is 3.96. The van der Waals surface area contributed by atoms with Crippen molar-refractivity contribution in [1.82, 2.24) is 14.5 Å². The molecule has 0 atom stereocenters. The standard InChI is InChI=1S/C17H20N4O/c1-12-9-16-17(19-11-12)21(13(2)20-16)7-4-8-22-15-6-3-5-14(18)10-15/h3,5-6,9-11H,4,7-8,18H2,1-2H3. The van der Waals surface area contributed by atoms with E-state index >= 15 is 0 Å². The molecule has 0 aliphatic carbocycles. The highest BCUT2D eigenvalue weighted by atomic mass is 16.5. The van der Waals surface area contributed by atoms with Crippen molar-refractivity contribution in [3.63, 3.8) is 0 Å². The van der Waals surface area contributed by atoms with Crippen molar-refractivity contribution >= 4 is 16.9 Å². The first-order chi connectivity index (χ1) is 10.6. The van der Waals surface area contributed by atoms with Crippen LogP contribution in [0.2, 0.25) is 0 Å². The lowest BCUT2D eigenvalue weighted by molar-refractivity contribution is 0.302. The van der Waals surface area contributed by atoms with Gasteiger partial charge in [-0.2, -0.15) is 0 Å². The number of imidazole rings is 1. The first-order valence-electron chi connectivity index (χ1n) is 7.41. The number of hydrogen-bond donors (Lipinski definition) is 1. The Morgan fingerprint density at radius 1 is 1.23 bits per heavy atom. The van der Waals surface area contributed by atoms with E-state index in [0.29, 0.717) is 12.3 Å². The molecule has 0 aliphatic heterocycles. The molecule has 0 aliphatic rings.